The van der Waals surface area contributed by atoms with Gasteiger partial charge in [0.1, 0.15) is 5.82 Å². The van der Waals surface area contributed by atoms with Crippen LogP contribution in [0, 0.1) is 29.6 Å². The second-order valence-electron chi connectivity index (χ2n) is 8.28. The van der Waals surface area contributed by atoms with E-state index in [0.29, 0.717) is 17.9 Å². The van der Waals surface area contributed by atoms with Crippen molar-refractivity contribution in [2.24, 2.45) is 0 Å². The summed E-state index contributed by atoms with van der Waals surface area (Å²) < 4.78 is 0. The molecule has 166 valence electrons. The van der Waals surface area contributed by atoms with Crippen molar-refractivity contribution in [2.75, 3.05) is 16.8 Å². The molecule has 0 spiro atoms. The number of anilines is 4. The van der Waals surface area contributed by atoms with Gasteiger partial charge in [-0.3, -0.25) is 0 Å². The van der Waals surface area contributed by atoms with Crippen molar-refractivity contribution < 1.29 is 0 Å². The Morgan fingerprint density at radius 3 is 2.33 bits per heavy atom. The highest BCUT2D eigenvalue weighted by molar-refractivity contribution is 5.74. The Morgan fingerprint density at radius 2 is 1.73 bits per heavy atom. The minimum atomic E-state index is 0.537. The molecule has 0 unspecified atom stereocenters. The Labute approximate surface area is 195 Å². The Hall–Kier alpha value is -3.90. The molecule has 0 aliphatic carbocycles. The van der Waals surface area contributed by atoms with Crippen LogP contribution in [0.4, 0.5) is 23.1 Å². The predicted octanol–water partition coefficient (Wildman–Crippen LogP) is 5.68. The Kier molecular flexibility index (Phi) is 6.56. The zero-order valence-electron chi connectivity index (χ0n) is 19.4. The molecule has 0 saturated heterocycles. The van der Waals surface area contributed by atoms with Crippen molar-refractivity contribution in [3.05, 3.63) is 69.9 Å². The lowest BCUT2D eigenvalue weighted by Crippen LogP contribution is -2.19. The van der Waals surface area contributed by atoms with E-state index in [1.54, 1.807) is 12.1 Å². The second-order valence-corrected chi connectivity index (χ2v) is 8.28. The van der Waals surface area contributed by atoms with Gasteiger partial charge >= 0.3 is 0 Å². The first-order valence-electron chi connectivity index (χ1n) is 11.5. The monoisotopic (exact) mass is 436 g/mol. The molecule has 6 heteroatoms. The normalized spacial score (nSPS) is 12.2. The summed E-state index contributed by atoms with van der Waals surface area (Å²) in [5.74, 6) is 1.53. The number of nitrogens with zero attached hydrogens (tertiary/aromatic N) is 5. The molecule has 0 saturated carbocycles. The topological polar surface area (TPSA) is 88.6 Å². The number of aromatic nitrogens is 2. The van der Waals surface area contributed by atoms with Crippen molar-refractivity contribution in [2.45, 2.75) is 52.9 Å². The lowest BCUT2D eigenvalue weighted by molar-refractivity contribution is 0.936. The third-order valence-electron chi connectivity index (χ3n) is 6.19. The van der Waals surface area contributed by atoms with Gasteiger partial charge in [-0.25, -0.2) is 4.98 Å². The summed E-state index contributed by atoms with van der Waals surface area (Å²) in [5.41, 5.74) is 8.73. The summed E-state index contributed by atoms with van der Waals surface area (Å²) in [7, 11) is 0. The minimum Gasteiger partial charge on any atom is -0.325 e. The number of hydrogen-bond acceptors (Lipinski definition) is 6. The molecule has 2 aromatic carbocycles. The fraction of sp³-hybridized carbons (Fsp3) is 0.333. The van der Waals surface area contributed by atoms with Crippen LogP contribution in [0.2, 0.25) is 0 Å². The summed E-state index contributed by atoms with van der Waals surface area (Å²) in [6.07, 6.45) is 4.09. The van der Waals surface area contributed by atoms with Crippen LogP contribution in [0.25, 0.3) is 0 Å². The molecule has 33 heavy (non-hydrogen) atoms. The number of aryl methyl sites for hydroxylation is 4. The predicted molar refractivity (Wildman–Crippen MR) is 131 cm³/mol. The number of hydrogen-bond donors (Lipinski definition) is 1. The van der Waals surface area contributed by atoms with Crippen molar-refractivity contribution in [3.8, 4) is 12.1 Å². The van der Waals surface area contributed by atoms with Crippen LogP contribution in [0.5, 0.6) is 0 Å². The van der Waals surface area contributed by atoms with Crippen LogP contribution in [-0.4, -0.2) is 16.5 Å². The molecular formula is C27H28N6. The van der Waals surface area contributed by atoms with E-state index >= 15 is 0 Å². The lowest BCUT2D eigenvalue weighted by atomic mass is 9.96. The third-order valence-corrected chi connectivity index (χ3v) is 6.19. The number of nitrogens with one attached hydrogen (secondary N) is 1. The van der Waals surface area contributed by atoms with Crippen molar-refractivity contribution in [1.82, 2.24) is 9.97 Å². The average Bonchev–Trinajstić information content (AvgIpc) is 3.26. The van der Waals surface area contributed by atoms with Gasteiger partial charge in [0, 0.05) is 35.6 Å². The smallest absolute Gasteiger partial charge is 0.229 e. The van der Waals surface area contributed by atoms with Gasteiger partial charge in [-0.15, -0.1) is 0 Å². The number of benzene rings is 2. The van der Waals surface area contributed by atoms with Crippen LogP contribution in [0.15, 0.2) is 36.4 Å². The molecule has 4 rings (SSSR count). The second kappa shape index (κ2) is 9.71. The van der Waals surface area contributed by atoms with E-state index in [0.717, 1.165) is 49.4 Å². The summed E-state index contributed by atoms with van der Waals surface area (Å²) in [6, 6.07) is 16.2. The van der Waals surface area contributed by atoms with Crippen LogP contribution in [0.1, 0.15) is 53.8 Å². The Balaban J connectivity index is 1.73. The molecule has 1 aliphatic rings. The zero-order valence-corrected chi connectivity index (χ0v) is 19.4. The van der Waals surface area contributed by atoms with Crippen LogP contribution >= 0.6 is 0 Å². The first kappa shape index (κ1) is 22.3. The van der Waals surface area contributed by atoms with Gasteiger partial charge in [-0.05, 0) is 73.6 Å². The Morgan fingerprint density at radius 1 is 1.03 bits per heavy atom. The minimum absolute atomic E-state index is 0.537. The van der Waals surface area contributed by atoms with E-state index in [-0.39, 0.29) is 0 Å². The molecule has 6 nitrogen and oxygen atoms in total. The molecule has 1 aromatic heterocycles. The highest BCUT2D eigenvalue weighted by Crippen LogP contribution is 2.40. The molecule has 1 N–H and O–H groups in total. The van der Waals surface area contributed by atoms with E-state index in [4.69, 9.17) is 20.5 Å². The van der Waals surface area contributed by atoms with Gasteiger partial charge < -0.3 is 10.2 Å². The zero-order chi connectivity index (χ0) is 23.4. The summed E-state index contributed by atoms with van der Waals surface area (Å²) in [4.78, 5) is 12.0. The highest BCUT2D eigenvalue weighted by atomic mass is 15.3. The van der Waals surface area contributed by atoms with Crippen molar-refractivity contribution in [3.63, 3.8) is 0 Å². The quantitative estimate of drug-likeness (QED) is 0.513. The maximum atomic E-state index is 9.03. The molecule has 0 fully saturated rings. The molecule has 0 radical (unpaired) electrons. The van der Waals surface area contributed by atoms with Gasteiger partial charge in [0.05, 0.1) is 17.7 Å². The maximum Gasteiger partial charge on any atom is 0.229 e. The highest BCUT2D eigenvalue weighted by Gasteiger charge is 2.28. The van der Waals surface area contributed by atoms with E-state index in [1.807, 2.05) is 19.1 Å². The lowest BCUT2D eigenvalue weighted by Gasteiger charge is -2.26. The van der Waals surface area contributed by atoms with Crippen LogP contribution in [-0.2, 0) is 25.7 Å². The first-order valence-corrected chi connectivity index (χ1v) is 11.5. The first-order chi connectivity index (χ1) is 16.1. The Bertz CT molecular complexity index is 1220. The van der Waals surface area contributed by atoms with Crippen LogP contribution < -0.4 is 10.2 Å². The van der Waals surface area contributed by atoms with Crippen molar-refractivity contribution in [1.29, 1.82) is 10.5 Å². The molecule has 1 aliphatic heterocycles. The van der Waals surface area contributed by atoms with Gasteiger partial charge in [0.15, 0.2) is 0 Å². The molecule has 0 amide bonds. The summed E-state index contributed by atoms with van der Waals surface area (Å²) in [6.45, 7) is 7.29. The molecule has 0 bridgehead atoms. The number of rotatable bonds is 7. The molecule has 0 atom stereocenters. The molecule has 2 heterocycles. The van der Waals surface area contributed by atoms with Crippen molar-refractivity contribution >= 4 is 23.1 Å². The molecular weight excluding hydrogens is 408 g/mol. The fourth-order valence-electron chi connectivity index (χ4n) is 4.52. The van der Waals surface area contributed by atoms with Gasteiger partial charge in [0.25, 0.3) is 0 Å². The maximum absolute atomic E-state index is 9.03. The third kappa shape index (κ3) is 4.52. The van der Waals surface area contributed by atoms with Gasteiger partial charge in [0.2, 0.25) is 5.95 Å². The number of fused-ring (bicyclic) bond motifs is 1. The van der Waals surface area contributed by atoms with E-state index in [1.165, 1.54) is 27.9 Å². The summed E-state index contributed by atoms with van der Waals surface area (Å²) >= 11 is 0. The summed E-state index contributed by atoms with van der Waals surface area (Å²) in [5, 5.41) is 21.3. The standard InChI is InChI=1S/C27H28N6/c1-4-21-15-20(7-6-13-28)16-22(5-2)25(21)33-14-12-24-18(3)30-27(32-26(24)33)31-23-10-8-19(17-29)9-11-23/h8-11,15-16H,4-7,12,14H2,1-3H3,(H,30,31,32). The van der Waals surface area contributed by atoms with E-state index < -0.39 is 0 Å². The van der Waals surface area contributed by atoms with Gasteiger partial charge in [-0.2, -0.15) is 15.5 Å². The van der Waals surface area contributed by atoms with E-state index in [2.05, 4.69) is 48.3 Å². The average molecular weight is 437 g/mol. The van der Waals surface area contributed by atoms with E-state index in [9.17, 15) is 0 Å². The number of nitriles is 2. The SMILES string of the molecule is CCc1cc(CCC#N)cc(CC)c1N1CCc2c(C)nc(Nc3ccc(C#N)cc3)nc21. The fourth-order valence-corrected chi connectivity index (χ4v) is 4.52. The van der Waals surface area contributed by atoms with Crippen LogP contribution in [0.3, 0.4) is 0 Å². The molecule has 3 aromatic rings. The van der Waals surface area contributed by atoms with Gasteiger partial charge in [-0.1, -0.05) is 26.0 Å². The largest absolute Gasteiger partial charge is 0.325 e.